The lowest BCUT2D eigenvalue weighted by Crippen LogP contribution is -2.00. The molecule has 0 radical (unpaired) electrons. The van der Waals surface area contributed by atoms with Crippen LogP contribution in [0, 0.1) is 0 Å². The Morgan fingerprint density at radius 1 is 0.556 bits per heavy atom. The molecule has 4 aromatic carbocycles. The molecule has 4 aromatic heterocycles. The van der Waals surface area contributed by atoms with Gasteiger partial charge in [0.1, 0.15) is 5.82 Å². The standard InChI is InChI=1S/C31H19N5/c1-3-12-23-21(10-1)22-11-2-4-13-24(22)30-29(23)35-27-16-6-5-14-26(27)34-31(35)36(30)28-17-7-15-25(33-28)20-9-8-18-32-19-20/h1-19H. The number of hydrogen-bond acceptors (Lipinski definition) is 3. The fourth-order valence-corrected chi connectivity index (χ4v) is 5.48. The molecule has 0 fully saturated rings. The summed E-state index contributed by atoms with van der Waals surface area (Å²) in [6, 6.07) is 35.7. The van der Waals surface area contributed by atoms with Gasteiger partial charge < -0.3 is 0 Å². The van der Waals surface area contributed by atoms with E-state index in [0.717, 1.165) is 44.9 Å². The third-order valence-corrected chi connectivity index (χ3v) is 6.99. The minimum absolute atomic E-state index is 0.826. The summed E-state index contributed by atoms with van der Waals surface area (Å²) in [7, 11) is 0. The Bertz CT molecular complexity index is 2100. The summed E-state index contributed by atoms with van der Waals surface area (Å²) in [5, 5.41) is 4.82. The summed E-state index contributed by atoms with van der Waals surface area (Å²) in [6.07, 6.45) is 3.63. The maximum atomic E-state index is 5.12. The van der Waals surface area contributed by atoms with Gasteiger partial charge in [-0.15, -0.1) is 0 Å². The van der Waals surface area contributed by atoms with Crippen LogP contribution in [0.15, 0.2) is 116 Å². The van der Waals surface area contributed by atoms with Gasteiger partial charge in [0.05, 0.1) is 27.8 Å². The Labute approximate surface area is 205 Å². The molecule has 0 spiro atoms. The van der Waals surface area contributed by atoms with Crippen LogP contribution in [0.1, 0.15) is 0 Å². The highest BCUT2D eigenvalue weighted by Gasteiger charge is 2.22. The number of fused-ring (bicyclic) bond motifs is 10. The molecule has 0 atom stereocenters. The van der Waals surface area contributed by atoms with Crippen molar-refractivity contribution in [1.29, 1.82) is 0 Å². The highest BCUT2D eigenvalue weighted by molar-refractivity contribution is 6.25. The first kappa shape index (κ1) is 19.3. The van der Waals surface area contributed by atoms with Crippen LogP contribution >= 0.6 is 0 Å². The molecule has 0 bridgehead atoms. The highest BCUT2D eigenvalue weighted by atomic mass is 15.2. The zero-order valence-corrected chi connectivity index (χ0v) is 19.2. The van der Waals surface area contributed by atoms with Crippen molar-refractivity contribution in [2.24, 2.45) is 0 Å². The molecule has 36 heavy (non-hydrogen) atoms. The molecule has 0 N–H and O–H groups in total. The van der Waals surface area contributed by atoms with E-state index in [4.69, 9.17) is 9.97 Å². The van der Waals surface area contributed by atoms with Gasteiger partial charge in [-0.25, -0.2) is 9.97 Å². The number of nitrogens with zero attached hydrogens (tertiary/aromatic N) is 5. The van der Waals surface area contributed by atoms with Crippen molar-refractivity contribution in [3.05, 3.63) is 116 Å². The minimum Gasteiger partial charge on any atom is -0.275 e. The molecule has 0 unspecified atom stereocenters. The SMILES string of the molecule is c1cncc(-c2cccc(-n3c4c5ccccc5c5ccccc5c4n4c5ccccc5nc34)n2)c1. The Kier molecular flexibility index (Phi) is 3.88. The van der Waals surface area contributed by atoms with Crippen molar-refractivity contribution < 1.29 is 0 Å². The molecule has 0 saturated carbocycles. The molecule has 168 valence electrons. The second kappa shape index (κ2) is 7.23. The summed E-state index contributed by atoms with van der Waals surface area (Å²) < 4.78 is 4.50. The third kappa shape index (κ3) is 2.57. The monoisotopic (exact) mass is 461 g/mol. The van der Waals surface area contributed by atoms with E-state index in [9.17, 15) is 0 Å². The Hall–Kier alpha value is -5.03. The molecule has 0 aliphatic heterocycles. The quantitative estimate of drug-likeness (QED) is 0.256. The molecular weight excluding hydrogens is 442 g/mol. The van der Waals surface area contributed by atoms with Gasteiger partial charge in [-0.1, -0.05) is 66.7 Å². The molecule has 5 nitrogen and oxygen atoms in total. The molecule has 0 aliphatic carbocycles. The van der Waals surface area contributed by atoms with Gasteiger partial charge in [0.15, 0.2) is 0 Å². The fraction of sp³-hybridized carbons (Fsp3) is 0. The lowest BCUT2D eigenvalue weighted by atomic mass is 10.00. The van der Waals surface area contributed by atoms with Crippen molar-refractivity contribution in [1.82, 2.24) is 23.9 Å². The van der Waals surface area contributed by atoms with Crippen LogP contribution in [-0.4, -0.2) is 23.9 Å². The number of para-hydroxylation sites is 2. The Morgan fingerprint density at radius 3 is 2.06 bits per heavy atom. The van der Waals surface area contributed by atoms with Crippen molar-refractivity contribution in [3.63, 3.8) is 0 Å². The van der Waals surface area contributed by atoms with Gasteiger partial charge in [-0.05, 0) is 47.2 Å². The van der Waals surface area contributed by atoms with Crippen molar-refractivity contribution in [2.75, 3.05) is 0 Å². The summed E-state index contributed by atoms with van der Waals surface area (Å²) in [6.45, 7) is 0. The molecule has 5 heteroatoms. The Balaban J connectivity index is 1.62. The largest absolute Gasteiger partial charge is 0.275 e. The van der Waals surface area contributed by atoms with E-state index in [1.807, 2.05) is 30.5 Å². The zero-order valence-electron chi connectivity index (χ0n) is 19.2. The van der Waals surface area contributed by atoms with Gasteiger partial charge in [0, 0.05) is 28.7 Å². The average Bonchev–Trinajstić information content (AvgIpc) is 3.49. The van der Waals surface area contributed by atoms with E-state index < -0.39 is 0 Å². The first-order valence-corrected chi connectivity index (χ1v) is 12.0. The zero-order chi connectivity index (χ0) is 23.6. The van der Waals surface area contributed by atoms with E-state index in [1.165, 1.54) is 21.5 Å². The number of imidazole rings is 2. The first-order chi connectivity index (χ1) is 17.9. The normalized spacial score (nSPS) is 11.9. The van der Waals surface area contributed by atoms with E-state index in [2.05, 4.69) is 92.8 Å². The average molecular weight is 462 g/mol. The van der Waals surface area contributed by atoms with E-state index in [0.29, 0.717) is 0 Å². The van der Waals surface area contributed by atoms with Gasteiger partial charge in [0.2, 0.25) is 5.78 Å². The molecule has 0 aliphatic rings. The maximum Gasteiger partial charge on any atom is 0.221 e. The maximum absolute atomic E-state index is 5.12. The van der Waals surface area contributed by atoms with Gasteiger partial charge in [-0.2, -0.15) is 0 Å². The van der Waals surface area contributed by atoms with Gasteiger partial charge in [0.25, 0.3) is 0 Å². The number of benzene rings is 4. The van der Waals surface area contributed by atoms with Gasteiger partial charge in [-0.3, -0.25) is 14.0 Å². The number of hydrogen-bond donors (Lipinski definition) is 0. The number of pyridine rings is 2. The minimum atomic E-state index is 0.826. The molecule has 4 heterocycles. The predicted molar refractivity (Wildman–Crippen MR) is 146 cm³/mol. The van der Waals surface area contributed by atoms with Crippen LogP contribution in [0.2, 0.25) is 0 Å². The number of rotatable bonds is 2. The van der Waals surface area contributed by atoms with Crippen LogP contribution < -0.4 is 0 Å². The van der Waals surface area contributed by atoms with Crippen LogP contribution in [0.3, 0.4) is 0 Å². The Morgan fingerprint density at radius 2 is 1.28 bits per heavy atom. The second-order valence-electron chi connectivity index (χ2n) is 8.98. The van der Waals surface area contributed by atoms with Gasteiger partial charge >= 0.3 is 0 Å². The molecular formula is C31H19N5. The fourth-order valence-electron chi connectivity index (χ4n) is 5.48. The van der Waals surface area contributed by atoms with Crippen molar-refractivity contribution in [3.8, 4) is 17.1 Å². The van der Waals surface area contributed by atoms with E-state index >= 15 is 0 Å². The summed E-state index contributed by atoms with van der Waals surface area (Å²) in [4.78, 5) is 14.5. The van der Waals surface area contributed by atoms with Crippen LogP contribution in [-0.2, 0) is 0 Å². The van der Waals surface area contributed by atoms with Crippen LogP contribution in [0.4, 0.5) is 0 Å². The smallest absolute Gasteiger partial charge is 0.221 e. The number of aromatic nitrogens is 5. The van der Waals surface area contributed by atoms with E-state index in [-0.39, 0.29) is 0 Å². The molecule has 8 aromatic rings. The topological polar surface area (TPSA) is 48.0 Å². The lowest BCUT2D eigenvalue weighted by molar-refractivity contribution is 1.05. The van der Waals surface area contributed by atoms with Crippen molar-refractivity contribution >= 4 is 49.4 Å². The second-order valence-corrected chi connectivity index (χ2v) is 8.98. The van der Waals surface area contributed by atoms with Crippen LogP contribution in [0.25, 0.3) is 66.5 Å². The summed E-state index contributed by atoms with van der Waals surface area (Å²) in [5.41, 5.74) is 6.15. The molecule has 0 amide bonds. The first-order valence-electron chi connectivity index (χ1n) is 12.0. The van der Waals surface area contributed by atoms with Crippen molar-refractivity contribution in [2.45, 2.75) is 0 Å². The predicted octanol–water partition coefficient (Wildman–Crippen LogP) is 7.19. The lowest BCUT2D eigenvalue weighted by Gasteiger charge is -2.11. The molecule has 8 rings (SSSR count). The van der Waals surface area contributed by atoms with Crippen LogP contribution in [0.5, 0.6) is 0 Å². The summed E-state index contributed by atoms with van der Waals surface area (Å²) in [5.74, 6) is 1.68. The highest BCUT2D eigenvalue weighted by Crippen LogP contribution is 2.39. The molecule has 0 saturated heterocycles. The van der Waals surface area contributed by atoms with E-state index in [1.54, 1.807) is 6.20 Å². The summed E-state index contributed by atoms with van der Waals surface area (Å²) >= 11 is 0. The third-order valence-electron chi connectivity index (χ3n) is 6.99.